The highest BCUT2D eigenvalue weighted by Crippen LogP contribution is 2.31. The lowest BCUT2D eigenvalue weighted by Crippen LogP contribution is -2.35. The third-order valence-corrected chi connectivity index (χ3v) is 7.23. The van der Waals surface area contributed by atoms with Crippen molar-refractivity contribution in [2.75, 3.05) is 26.4 Å². The molecule has 9 heteroatoms. The molecule has 0 radical (unpaired) electrons. The Kier molecular flexibility index (Phi) is 10.6. The molecule has 3 aromatic carbocycles. The summed E-state index contributed by atoms with van der Waals surface area (Å²) in [7, 11) is 0. The molecule has 0 bridgehead atoms. The molecule has 4 atom stereocenters. The second-order valence-corrected chi connectivity index (χ2v) is 10.3. The summed E-state index contributed by atoms with van der Waals surface area (Å²) in [6.45, 7) is 4.39. The first-order valence-corrected chi connectivity index (χ1v) is 14.5. The van der Waals surface area contributed by atoms with Crippen LogP contribution in [0.3, 0.4) is 0 Å². The molecule has 0 spiro atoms. The van der Waals surface area contributed by atoms with Gasteiger partial charge in [-0.05, 0) is 59.9 Å². The SMILES string of the molecule is C=CC(=O)OCCCCOc1ccc(C(=O)O[C@H]2CO[C@H]3[C@@H]2OC[C@H]3OC(=O)/C=C/c2ccc(-c3ccccc3)cc2)cc1. The molecule has 2 aliphatic rings. The zero-order valence-corrected chi connectivity index (χ0v) is 24.2. The molecular weight excluding hydrogens is 564 g/mol. The van der Waals surface area contributed by atoms with Crippen LogP contribution in [0.25, 0.3) is 17.2 Å². The van der Waals surface area contributed by atoms with Gasteiger partial charge in [0.2, 0.25) is 0 Å². The van der Waals surface area contributed by atoms with Gasteiger partial charge in [0.1, 0.15) is 18.0 Å². The molecule has 0 unspecified atom stereocenters. The van der Waals surface area contributed by atoms with E-state index < -0.39 is 42.3 Å². The molecule has 0 amide bonds. The number of carbonyl (C=O) groups is 3. The second kappa shape index (κ2) is 15.1. The molecule has 0 N–H and O–H groups in total. The predicted octanol–water partition coefficient (Wildman–Crippen LogP) is 5.19. The van der Waals surface area contributed by atoms with Gasteiger partial charge >= 0.3 is 17.9 Å². The number of ether oxygens (including phenoxy) is 6. The van der Waals surface area contributed by atoms with Gasteiger partial charge < -0.3 is 28.4 Å². The number of rotatable bonds is 13. The fourth-order valence-corrected chi connectivity index (χ4v) is 4.92. The zero-order chi connectivity index (χ0) is 30.7. The third kappa shape index (κ3) is 8.21. The highest BCUT2D eigenvalue weighted by molar-refractivity contribution is 5.89. The number of unbranched alkanes of at least 4 members (excludes halogenated alkanes) is 1. The average molecular weight is 599 g/mol. The Balaban J connectivity index is 1.04. The van der Waals surface area contributed by atoms with E-state index in [1.807, 2.05) is 54.6 Å². The van der Waals surface area contributed by atoms with Crippen LogP contribution < -0.4 is 4.74 Å². The summed E-state index contributed by atoms with van der Waals surface area (Å²) in [5.74, 6) is -0.856. The Morgan fingerprint density at radius 3 is 2.07 bits per heavy atom. The van der Waals surface area contributed by atoms with E-state index in [0.29, 0.717) is 37.4 Å². The van der Waals surface area contributed by atoms with E-state index in [9.17, 15) is 14.4 Å². The van der Waals surface area contributed by atoms with Gasteiger partial charge in [-0.3, -0.25) is 0 Å². The summed E-state index contributed by atoms with van der Waals surface area (Å²) in [5.41, 5.74) is 3.44. The van der Waals surface area contributed by atoms with E-state index in [0.717, 1.165) is 22.8 Å². The molecule has 228 valence electrons. The maximum absolute atomic E-state index is 12.8. The molecule has 9 nitrogen and oxygen atoms in total. The maximum Gasteiger partial charge on any atom is 0.338 e. The van der Waals surface area contributed by atoms with Crippen molar-refractivity contribution in [2.45, 2.75) is 37.3 Å². The first-order chi connectivity index (χ1) is 21.5. The van der Waals surface area contributed by atoms with Crippen molar-refractivity contribution in [1.82, 2.24) is 0 Å². The van der Waals surface area contributed by atoms with Gasteiger partial charge in [0.05, 0.1) is 32.0 Å². The molecule has 0 saturated carbocycles. The molecule has 3 aromatic rings. The Morgan fingerprint density at radius 1 is 0.750 bits per heavy atom. The number of hydrogen-bond acceptors (Lipinski definition) is 9. The van der Waals surface area contributed by atoms with Gasteiger partial charge in [-0.15, -0.1) is 0 Å². The quantitative estimate of drug-likeness (QED) is 0.114. The molecule has 2 heterocycles. The number of esters is 3. The summed E-state index contributed by atoms with van der Waals surface area (Å²) < 4.78 is 33.5. The van der Waals surface area contributed by atoms with Crippen LogP contribution in [-0.2, 0) is 33.3 Å². The fourth-order valence-electron chi connectivity index (χ4n) is 4.92. The Hall–Kier alpha value is -4.73. The van der Waals surface area contributed by atoms with Crippen LogP contribution in [0, 0.1) is 0 Å². The van der Waals surface area contributed by atoms with Crippen LogP contribution in [0.15, 0.2) is 97.6 Å². The highest BCUT2D eigenvalue weighted by atomic mass is 16.7. The van der Waals surface area contributed by atoms with Gasteiger partial charge in [-0.25, -0.2) is 14.4 Å². The zero-order valence-electron chi connectivity index (χ0n) is 24.2. The predicted molar refractivity (Wildman–Crippen MR) is 162 cm³/mol. The molecule has 2 aliphatic heterocycles. The van der Waals surface area contributed by atoms with E-state index in [1.54, 1.807) is 30.3 Å². The third-order valence-electron chi connectivity index (χ3n) is 7.23. The smallest absolute Gasteiger partial charge is 0.338 e. The minimum atomic E-state index is -0.624. The van der Waals surface area contributed by atoms with Crippen LogP contribution >= 0.6 is 0 Å². The van der Waals surface area contributed by atoms with Gasteiger partial charge in [-0.1, -0.05) is 61.2 Å². The van der Waals surface area contributed by atoms with Crippen molar-refractivity contribution in [3.63, 3.8) is 0 Å². The maximum atomic E-state index is 12.8. The fraction of sp³-hybridized carbons (Fsp3) is 0.286. The Bertz CT molecular complexity index is 1450. The van der Waals surface area contributed by atoms with Gasteiger partial charge in [0, 0.05) is 12.2 Å². The van der Waals surface area contributed by atoms with E-state index in [-0.39, 0.29) is 13.2 Å². The standard InChI is InChI=1S/C35H34O9/c1-2-31(36)40-21-7-6-20-39-28-17-15-27(16-18-28)35(38)44-30-23-42-33-29(22-41-34(30)33)43-32(37)19-12-24-10-13-26(14-11-24)25-8-4-3-5-9-25/h2-5,8-19,29-30,33-34H,1,6-7,20-23H2/b19-12+/t29-,30+,33-,34-/m1/s1. The minimum absolute atomic E-state index is 0.141. The Labute approximate surface area is 256 Å². The lowest BCUT2D eigenvalue weighted by atomic mass is 10.0. The van der Waals surface area contributed by atoms with Crippen molar-refractivity contribution < 1.29 is 42.8 Å². The summed E-state index contributed by atoms with van der Waals surface area (Å²) >= 11 is 0. The Morgan fingerprint density at radius 2 is 1.39 bits per heavy atom. The largest absolute Gasteiger partial charge is 0.494 e. The molecule has 0 aliphatic carbocycles. The minimum Gasteiger partial charge on any atom is -0.494 e. The number of benzene rings is 3. The molecular formula is C35H34O9. The molecule has 0 aromatic heterocycles. The van der Waals surface area contributed by atoms with E-state index in [4.69, 9.17) is 28.4 Å². The topological polar surface area (TPSA) is 107 Å². The summed E-state index contributed by atoms with van der Waals surface area (Å²) in [4.78, 5) is 36.3. The molecule has 2 saturated heterocycles. The second-order valence-electron chi connectivity index (χ2n) is 10.3. The molecule has 5 rings (SSSR count). The van der Waals surface area contributed by atoms with E-state index in [1.165, 1.54) is 6.08 Å². The van der Waals surface area contributed by atoms with Crippen LogP contribution in [0.4, 0.5) is 0 Å². The number of carbonyl (C=O) groups excluding carboxylic acids is 3. The lowest BCUT2D eigenvalue weighted by Gasteiger charge is -2.17. The normalized spacial score (nSPS) is 20.5. The average Bonchev–Trinajstić information content (AvgIpc) is 3.65. The highest BCUT2D eigenvalue weighted by Gasteiger charge is 2.51. The molecule has 44 heavy (non-hydrogen) atoms. The van der Waals surface area contributed by atoms with Gasteiger partial charge in [0.15, 0.2) is 12.2 Å². The first-order valence-electron chi connectivity index (χ1n) is 14.5. The van der Waals surface area contributed by atoms with Crippen LogP contribution in [-0.4, -0.2) is 68.8 Å². The summed E-state index contributed by atoms with van der Waals surface area (Å²) in [5, 5.41) is 0. The van der Waals surface area contributed by atoms with Crippen molar-refractivity contribution in [3.05, 3.63) is 109 Å². The molecule has 2 fully saturated rings. The van der Waals surface area contributed by atoms with Crippen molar-refractivity contribution in [3.8, 4) is 16.9 Å². The van der Waals surface area contributed by atoms with Crippen LogP contribution in [0.5, 0.6) is 5.75 Å². The van der Waals surface area contributed by atoms with Crippen molar-refractivity contribution in [1.29, 1.82) is 0 Å². The summed E-state index contributed by atoms with van der Waals surface area (Å²) in [6, 6.07) is 24.6. The van der Waals surface area contributed by atoms with Gasteiger partial charge in [0.25, 0.3) is 0 Å². The first kappa shape index (κ1) is 30.7. The monoisotopic (exact) mass is 598 g/mol. The van der Waals surface area contributed by atoms with Gasteiger partial charge in [-0.2, -0.15) is 0 Å². The van der Waals surface area contributed by atoms with Crippen molar-refractivity contribution in [2.24, 2.45) is 0 Å². The lowest BCUT2D eigenvalue weighted by molar-refractivity contribution is -0.147. The van der Waals surface area contributed by atoms with Crippen LogP contribution in [0.2, 0.25) is 0 Å². The number of hydrogen-bond donors (Lipinski definition) is 0. The van der Waals surface area contributed by atoms with Crippen LogP contribution in [0.1, 0.15) is 28.8 Å². The summed E-state index contributed by atoms with van der Waals surface area (Å²) in [6.07, 6.45) is 3.30. The van der Waals surface area contributed by atoms with Crippen molar-refractivity contribution >= 4 is 24.0 Å². The van der Waals surface area contributed by atoms with E-state index >= 15 is 0 Å². The number of fused-ring (bicyclic) bond motifs is 1. The van der Waals surface area contributed by atoms with E-state index in [2.05, 4.69) is 6.58 Å².